The number of hydrogen-bond donors (Lipinski definition) is 1. The van der Waals surface area contributed by atoms with Crippen molar-refractivity contribution in [2.45, 2.75) is 18.9 Å². The van der Waals surface area contributed by atoms with E-state index in [-0.39, 0.29) is 23.5 Å². The molecule has 4 rings (SSSR count). The van der Waals surface area contributed by atoms with Gasteiger partial charge in [0, 0.05) is 6.04 Å². The fourth-order valence-corrected chi connectivity index (χ4v) is 2.15. The van der Waals surface area contributed by atoms with Gasteiger partial charge in [0.2, 0.25) is 5.82 Å². The van der Waals surface area contributed by atoms with Gasteiger partial charge in [0.1, 0.15) is 11.7 Å². The Morgan fingerprint density at radius 2 is 2.14 bits per heavy atom. The average Bonchev–Trinajstić information content (AvgIpc) is 3.23. The lowest BCUT2D eigenvalue weighted by Crippen LogP contribution is -2.11. The van der Waals surface area contributed by atoms with Gasteiger partial charge in [0.05, 0.1) is 10.4 Å². The third-order valence-electron chi connectivity index (χ3n) is 3.41. The van der Waals surface area contributed by atoms with Crippen LogP contribution in [-0.4, -0.2) is 35.9 Å². The van der Waals surface area contributed by atoms with E-state index in [0.717, 1.165) is 18.4 Å². The lowest BCUT2D eigenvalue weighted by Gasteiger charge is -2.06. The first kappa shape index (κ1) is 12.6. The van der Waals surface area contributed by atoms with Gasteiger partial charge in [-0.2, -0.15) is 9.67 Å². The van der Waals surface area contributed by atoms with Crippen LogP contribution in [0.25, 0.3) is 17.0 Å². The molecule has 0 amide bonds. The van der Waals surface area contributed by atoms with Crippen LogP contribution >= 0.6 is 0 Å². The van der Waals surface area contributed by atoms with E-state index in [0.29, 0.717) is 5.52 Å². The minimum absolute atomic E-state index is 0.139. The van der Waals surface area contributed by atoms with E-state index < -0.39 is 4.92 Å². The molecule has 1 N–H and O–H groups in total. The zero-order valence-electron chi connectivity index (χ0n) is 11.4. The third-order valence-corrected chi connectivity index (χ3v) is 3.41. The molecule has 0 atom stereocenters. The second-order valence-corrected chi connectivity index (χ2v) is 5.07. The van der Waals surface area contributed by atoms with Crippen molar-refractivity contribution in [3.8, 4) is 5.95 Å². The maximum atomic E-state index is 11.1. The molecule has 2 heterocycles. The summed E-state index contributed by atoms with van der Waals surface area (Å²) in [5.41, 5.74) is 1.31. The summed E-state index contributed by atoms with van der Waals surface area (Å²) in [6.45, 7) is 0. The number of aromatic nitrogens is 5. The maximum absolute atomic E-state index is 11.1. The summed E-state index contributed by atoms with van der Waals surface area (Å²) in [6, 6.07) is 7.63. The van der Waals surface area contributed by atoms with Gasteiger partial charge in [-0.25, -0.2) is 4.98 Å². The first-order valence-electron chi connectivity index (χ1n) is 6.81. The number of nitrogens with zero attached hydrogens (tertiary/aromatic N) is 6. The van der Waals surface area contributed by atoms with Crippen LogP contribution in [0.5, 0.6) is 0 Å². The second kappa shape index (κ2) is 4.72. The summed E-state index contributed by atoms with van der Waals surface area (Å²) in [7, 11) is 0. The van der Waals surface area contributed by atoms with Gasteiger partial charge in [0.15, 0.2) is 0 Å². The molecule has 1 saturated carbocycles. The van der Waals surface area contributed by atoms with Crippen molar-refractivity contribution in [3.63, 3.8) is 0 Å². The second-order valence-electron chi connectivity index (χ2n) is 5.07. The van der Waals surface area contributed by atoms with E-state index in [9.17, 15) is 10.1 Å². The Labute approximate surface area is 124 Å². The summed E-state index contributed by atoms with van der Waals surface area (Å²) in [4.78, 5) is 18.9. The number of anilines is 1. The Kier molecular flexibility index (Phi) is 2.71. The molecule has 1 aromatic carbocycles. The van der Waals surface area contributed by atoms with Crippen LogP contribution in [-0.2, 0) is 0 Å². The van der Waals surface area contributed by atoms with Crippen LogP contribution in [0.3, 0.4) is 0 Å². The van der Waals surface area contributed by atoms with Gasteiger partial charge < -0.3 is 5.32 Å². The van der Waals surface area contributed by atoms with Gasteiger partial charge in [-0.1, -0.05) is 17.3 Å². The monoisotopic (exact) mass is 297 g/mol. The standard InChI is InChI=1S/C13H11N7O2/c21-20(22)11-7-14-13(16-12(11)15-8-5-6-8)19-10-4-2-1-3-9(10)17-18-19/h1-4,7-8H,5-6H2,(H,14,15,16). The van der Waals surface area contributed by atoms with Crippen molar-refractivity contribution < 1.29 is 4.92 Å². The molecule has 0 unspecified atom stereocenters. The molecule has 2 aromatic heterocycles. The molecule has 0 bridgehead atoms. The molecular weight excluding hydrogens is 286 g/mol. The van der Waals surface area contributed by atoms with Crippen LogP contribution in [0.2, 0.25) is 0 Å². The summed E-state index contributed by atoms with van der Waals surface area (Å²) in [5.74, 6) is 0.472. The number of nitro groups is 1. The van der Waals surface area contributed by atoms with E-state index in [1.807, 2.05) is 24.3 Å². The highest BCUT2D eigenvalue weighted by atomic mass is 16.6. The number of nitrogens with one attached hydrogen (secondary N) is 1. The molecule has 1 fully saturated rings. The fraction of sp³-hybridized carbons (Fsp3) is 0.231. The molecule has 0 spiro atoms. The molecule has 110 valence electrons. The van der Waals surface area contributed by atoms with Crippen molar-refractivity contribution in [2.75, 3.05) is 5.32 Å². The van der Waals surface area contributed by atoms with E-state index >= 15 is 0 Å². The Bertz CT molecular complexity index is 872. The molecule has 9 nitrogen and oxygen atoms in total. The summed E-state index contributed by atoms with van der Waals surface area (Å²) in [5, 5.41) is 22.2. The first-order chi connectivity index (χ1) is 10.7. The van der Waals surface area contributed by atoms with Crippen LogP contribution in [0.15, 0.2) is 30.5 Å². The molecule has 1 aliphatic carbocycles. The summed E-state index contributed by atoms with van der Waals surface area (Å²) in [6.07, 6.45) is 3.18. The summed E-state index contributed by atoms with van der Waals surface area (Å²) < 4.78 is 1.47. The summed E-state index contributed by atoms with van der Waals surface area (Å²) >= 11 is 0. The highest BCUT2D eigenvalue weighted by Crippen LogP contribution is 2.29. The molecule has 22 heavy (non-hydrogen) atoms. The lowest BCUT2D eigenvalue weighted by atomic mass is 10.3. The van der Waals surface area contributed by atoms with E-state index in [1.165, 1.54) is 10.9 Å². The highest BCUT2D eigenvalue weighted by Gasteiger charge is 2.27. The zero-order valence-corrected chi connectivity index (χ0v) is 11.4. The highest BCUT2D eigenvalue weighted by molar-refractivity contribution is 5.75. The smallest absolute Gasteiger partial charge is 0.329 e. The predicted molar refractivity (Wildman–Crippen MR) is 77.8 cm³/mol. The Morgan fingerprint density at radius 1 is 1.32 bits per heavy atom. The molecule has 0 aliphatic heterocycles. The quantitative estimate of drug-likeness (QED) is 0.576. The zero-order chi connectivity index (χ0) is 15.1. The number of fused-ring (bicyclic) bond motifs is 1. The topological polar surface area (TPSA) is 112 Å². The SMILES string of the molecule is O=[N+]([O-])c1cnc(-n2nnc3ccccc32)nc1NC1CC1. The number of benzene rings is 1. The van der Waals surface area contributed by atoms with Gasteiger partial charge in [-0.15, -0.1) is 5.10 Å². The van der Waals surface area contributed by atoms with Gasteiger partial charge in [-0.05, 0) is 25.0 Å². The molecule has 0 radical (unpaired) electrons. The average molecular weight is 297 g/mol. The minimum Gasteiger partial charge on any atom is -0.361 e. The van der Waals surface area contributed by atoms with Crippen molar-refractivity contribution >= 4 is 22.5 Å². The molecule has 0 saturated heterocycles. The Hall–Kier alpha value is -3.10. The number of para-hydroxylation sites is 1. The number of rotatable bonds is 4. The molecular formula is C13H11N7O2. The van der Waals surface area contributed by atoms with Crippen molar-refractivity contribution in [1.82, 2.24) is 25.0 Å². The maximum Gasteiger partial charge on any atom is 0.329 e. The Balaban J connectivity index is 1.83. The molecule has 3 aromatic rings. The van der Waals surface area contributed by atoms with Crippen LogP contribution in [0.4, 0.5) is 11.5 Å². The Morgan fingerprint density at radius 3 is 2.91 bits per heavy atom. The lowest BCUT2D eigenvalue weighted by molar-refractivity contribution is -0.384. The van der Waals surface area contributed by atoms with Crippen molar-refractivity contribution in [1.29, 1.82) is 0 Å². The molecule has 9 heteroatoms. The predicted octanol–water partition coefficient (Wildman–Crippen LogP) is 1.69. The van der Waals surface area contributed by atoms with E-state index in [2.05, 4.69) is 25.6 Å². The van der Waals surface area contributed by atoms with Crippen LogP contribution in [0.1, 0.15) is 12.8 Å². The van der Waals surface area contributed by atoms with Crippen molar-refractivity contribution in [3.05, 3.63) is 40.6 Å². The van der Waals surface area contributed by atoms with Gasteiger partial charge in [-0.3, -0.25) is 10.1 Å². The van der Waals surface area contributed by atoms with Gasteiger partial charge >= 0.3 is 5.69 Å². The minimum atomic E-state index is -0.492. The normalized spacial score (nSPS) is 14.2. The van der Waals surface area contributed by atoms with Crippen LogP contribution < -0.4 is 5.32 Å². The first-order valence-corrected chi connectivity index (χ1v) is 6.81. The van der Waals surface area contributed by atoms with E-state index in [4.69, 9.17) is 0 Å². The van der Waals surface area contributed by atoms with E-state index in [1.54, 1.807) is 0 Å². The van der Waals surface area contributed by atoms with Crippen molar-refractivity contribution in [2.24, 2.45) is 0 Å². The fourth-order valence-electron chi connectivity index (χ4n) is 2.15. The number of hydrogen-bond acceptors (Lipinski definition) is 7. The van der Waals surface area contributed by atoms with Gasteiger partial charge in [0.25, 0.3) is 5.95 Å². The largest absolute Gasteiger partial charge is 0.361 e. The molecule has 1 aliphatic rings. The van der Waals surface area contributed by atoms with Crippen LogP contribution in [0, 0.1) is 10.1 Å². The third kappa shape index (κ3) is 2.12.